The maximum atomic E-state index is 8.35. The summed E-state index contributed by atoms with van der Waals surface area (Å²) in [6.07, 6.45) is 0. The van der Waals surface area contributed by atoms with E-state index in [1.165, 1.54) is 5.56 Å². The van der Waals surface area contributed by atoms with E-state index in [2.05, 4.69) is 16.6 Å². The van der Waals surface area contributed by atoms with Gasteiger partial charge in [0.05, 0.1) is 6.54 Å². The number of rotatable bonds is 4. The summed E-state index contributed by atoms with van der Waals surface area (Å²) in [5.74, 6) is 0.234. The molecule has 5 heteroatoms. The second kappa shape index (κ2) is 4.84. The molecular formula is C8H13N3OS. The molecule has 0 saturated carbocycles. The molecule has 72 valence electrons. The van der Waals surface area contributed by atoms with Crippen LogP contribution >= 0.6 is 11.3 Å². The van der Waals surface area contributed by atoms with Crippen molar-refractivity contribution >= 4 is 17.2 Å². The molecule has 0 aliphatic heterocycles. The fourth-order valence-corrected chi connectivity index (χ4v) is 1.72. The lowest BCUT2D eigenvalue weighted by atomic mass is 10.3. The molecule has 0 bridgehead atoms. The van der Waals surface area contributed by atoms with E-state index in [1.54, 1.807) is 11.3 Å². The number of amidine groups is 1. The highest BCUT2D eigenvalue weighted by atomic mass is 32.1. The Balaban J connectivity index is 2.38. The number of hydrogen-bond donors (Lipinski definition) is 2. The fraction of sp³-hybridized carbons (Fsp3) is 0.375. The maximum Gasteiger partial charge on any atom is 0.153 e. The summed E-state index contributed by atoms with van der Waals surface area (Å²) in [6.45, 7) is 1.30. The molecule has 4 nitrogen and oxygen atoms in total. The van der Waals surface area contributed by atoms with Crippen molar-refractivity contribution in [1.29, 1.82) is 0 Å². The second-order valence-electron chi connectivity index (χ2n) is 2.90. The van der Waals surface area contributed by atoms with Crippen molar-refractivity contribution < 1.29 is 5.21 Å². The summed E-state index contributed by atoms with van der Waals surface area (Å²) in [6, 6.07) is 2.06. The van der Waals surface area contributed by atoms with Crippen LogP contribution in [0.1, 0.15) is 5.56 Å². The summed E-state index contributed by atoms with van der Waals surface area (Å²) < 4.78 is 0. The van der Waals surface area contributed by atoms with E-state index < -0.39 is 0 Å². The van der Waals surface area contributed by atoms with Gasteiger partial charge in [-0.25, -0.2) is 0 Å². The molecule has 0 amide bonds. The Kier molecular flexibility index (Phi) is 3.72. The van der Waals surface area contributed by atoms with E-state index in [-0.39, 0.29) is 5.84 Å². The SMILES string of the molecule is CN(CC(N)=NO)Cc1ccsc1. The van der Waals surface area contributed by atoms with E-state index in [1.807, 2.05) is 17.3 Å². The van der Waals surface area contributed by atoms with Crippen molar-refractivity contribution in [3.8, 4) is 0 Å². The van der Waals surface area contributed by atoms with Crippen molar-refractivity contribution in [2.75, 3.05) is 13.6 Å². The van der Waals surface area contributed by atoms with E-state index in [4.69, 9.17) is 10.9 Å². The van der Waals surface area contributed by atoms with Crippen LogP contribution < -0.4 is 5.73 Å². The predicted molar refractivity (Wildman–Crippen MR) is 54.1 cm³/mol. The van der Waals surface area contributed by atoms with Gasteiger partial charge in [0, 0.05) is 6.54 Å². The molecule has 1 rings (SSSR count). The molecular weight excluding hydrogens is 186 g/mol. The normalized spacial score (nSPS) is 12.3. The molecule has 0 unspecified atom stereocenters. The number of likely N-dealkylation sites (N-methyl/N-ethyl adjacent to an activating group) is 1. The average molecular weight is 199 g/mol. The van der Waals surface area contributed by atoms with Gasteiger partial charge in [0.25, 0.3) is 0 Å². The van der Waals surface area contributed by atoms with Gasteiger partial charge in [-0.1, -0.05) is 5.16 Å². The van der Waals surface area contributed by atoms with Crippen molar-refractivity contribution in [3.63, 3.8) is 0 Å². The van der Waals surface area contributed by atoms with Crippen LogP contribution in [0.4, 0.5) is 0 Å². The number of thiophene rings is 1. The molecule has 3 N–H and O–H groups in total. The minimum absolute atomic E-state index is 0.234. The third-order valence-electron chi connectivity index (χ3n) is 1.59. The average Bonchev–Trinajstić information content (AvgIpc) is 2.56. The van der Waals surface area contributed by atoms with Gasteiger partial charge in [0.1, 0.15) is 0 Å². The molecule has 0 spiro atoms. The molecule has 1 aromatic rings. The molecule has 1 aromatic heterocycles. The van der Waals surface area contributed by atoms with Crippen LogP contribution in [-0.2, 0) is 6.54 Å². The summed E-state index contributed by atoms with van der Waals surface area (Å²) >= 11 is 1.67. The quantitative estimate of drug-likeness (QED) is 0.328. The Morgan fingerprint density at radius 1 is 1.77 bits per heavy atom. The highest BCUT2D eigenvalue weighted by molar-refractivity contribution is 7.07. The summed E-state index contributed by atoms with van der Waals surface area (Å²) in [7, 11) is 1.93. The Labute approximate surface area is 81.3 Å². The van der Waals surface area contributed by atoms with Gasteiger partial charge in [-0.3, -0.25) is 4.90 Å². The van der Waals surface area contributed by atoms with E-state index >= 15 is 0 Å². The van der Waals surface area contributed by atoms with Gasteiger partial charge in [0.2, 0.25) is 0 Å². The third-order valence-corrected chi connectivity index (χ3v) is 2.33. The minimum Gasteiger partial charge on any atom is -0.409 e. The lowest BCUT2D eigenvalue weighted by Crippen LogP contribution is -2.30. The number of hydrogen-bond acceptors (Lipinski definition) is 4. The van der Waals surface area contributed by atoms with Crippen molar-refractivity contribution in [2.24, 2.45) is 10.9 Å². The molecule has 0 aromatic carbocycles. The van der Waals surface area contributed by atoms with Gasteiger partial charge >= 0.3 is 0 Å². The first-order chi connectivity index (χ1) is 6.22. The topological polar surface area (TPSA) is 61.8 Å². The van der Waals surface area contributed by atoms with Gasteiger partial charge < -0.3 is 10.9 Å². The Morgan fingerprint density at radius 3 is 3.08 bits per heavy atom. The van der Waals surface area contributed by atoms with Gasteiger partial charge in [-0.15, -0.1) is 0 Å². The van der Waals surface area contributed by atoms with Crippen LogP contribution in [0.25, 0.3) is 0 Å². The summed E-state index contributed by atoms with van der Waals surface area (Å²) in [5.41, 5.74) is 6.61. The Hall–Kier alpha value is -1.07. The van der Waals surface area contributed by atoms with Crippen LogP contribution in [0.3, 0.4) is 0 Å². The molecule has 0 fully saturated rings. The van der Waals surface area contributed by atoms with E-state index in [0.29, 0.717) is 6.54 Å². The highest BCUT2D eigenvalue weighted by Crippen LogP contribution is 2.07. The third kappa shape index (κ3) is 3.43. The Morgan fingerprint density at radius 2 is 2.54 bits per heavy atom. The zero-order valence-electron chi connectivity index (χ0n) is 7.47. The van der Waals surface area contributed by atoms with Gasteiger partial charge in [-0.2, -0.15) is 11.3 Å². The van der Waals surface area contributed by atoms with Crippen LogP contribution in [0, 0.1) is 0 Å². The first kappa shape index (κ1) is 10.0. The predicted octanol–water partition coefficient (Wildman–Crippen LogP) is 0.926. The van der Waals surface area contributed by atoms with E-state index in [9.17, 15) is 0 Å². The van der Waals surface area contributed by atoms with Crippen molar-refractivity contribution in [1.82, 2.24) is 4.90 Å². The van der Waals surface area contributed by atoms with Crippen molar-refractivity contribution in [2.45, 2.75) is 6.54 Å². The molecule has 0 saturated heterocycles. The lowest BCUT2D eigenvalue weighted by Gasteiger charge is -2.13. The molecule has 1 heterocycles. The minimum atomic E-state index is 0.234. The molecule has 0 aliphatic rings. The Bertz CT molecular complexity index is 271. The maximum absolute atomic E-state index is 8.35. The fourth-order valence-electron chi connectivity index (χ4n) is 1.06. The smallest absolute Gasteiger partial charge is 0.153 e. The number of nitrogens with two attached hydrogens (primary N) is 1. The summed E-state index contributed by atoms with van der Waals surface area (Å²) in [4.78, 5) is 1.98. The van der Waals surface area contributed by atoms with Crippen LogP contribution in [0.2, 0.25) is 0 Å². The second-order valence-corrected chi connectivity index (χ2v) is 3.68. The molecule has 0 aliphatic carbocycles. The molecule has 13 heavy (non-hydrogen) atoms. The zero-order chi connectivity index (χ0) is 9.68. The van der Waals surface area contributed by atoms with Crippen LogP contribution in [0.5, 0.6) is 0 Å². The van der Waals surface area contributed by atoms with Gasteiger partial charge in [0.15, 0.2) is 5.84 Å². The molecule has 0 radical (unpaired) electrons. The summed E-state index contributed by atoms with van der Waals surface area (Å²) in [5, 5.41) is 15.4. The first-order valence-electron chi connectivity index (χ1n) is 3.88. The monoisotopic (exact) mass is 199 g/mol. The van der Waals surface area contributed by atoms with Gasteiger partial charge in [-0.05, 0) is 29.4 Å². The first-order valence-corrected chi connectivity index (χ1v) is 4.82. The standard InChI is InChI=1S/C8H13N3OS/c1-11(5-8(9)10-12)4-7-2-3-13-6-7/h2-3,6,12H,4-5H2,1H3,(H2,9,10). The molecule has 0 atom stereocenters. The van der Waals surface area contributed by atoms with E-state index in [0.717, 1.165) is 6.54 Å². The van der Waals surface area contributed by atoms with Crippen molar-refractivity contribution in [3.05, 3.63) is 22.4 Å². The van der Waals surface area contributed by atoms with Crippen LogP contribution in [0.15, 0.2) is 22.0 Å². The zero-order valence-corrected chi connectivity index (χ0v) is 8.29. The highest BCUT2D eigenvalue weighted by Gasteiger charge is 2.02. The number of oxime groups is 1. The lowest BCUT2D eigenvalue weighted by molar-refractivity contribution is 0.308. The largest absolute Gasteiger partial charge is 0.409 e. The van der Waals surface area contributed by atoms with Crippen LogP contribution in [-0.4, -0.2) is 29.5 Å². The number of nitrogens with zero attached hydrogens (tertiary/aromatic N) is 2.